The van der Waals surface area contributed by atoms with Crippen LogP contribution < -0.4 is 10.6 Å². The van der Waals surface area contributed by atoms with Gasteiger partial charge in [-0.3, -0.25) is 14.6 Å². The number of para-hydroxylation sites is 1. The number of nitrogens with one attached hydrogen (secondary N) is 2. The molecule has 2 saturated carbocycles. The predicted molar refractivity (Wildman–Crippen MR) is 97.0 cm³/mol. The summed E-state index contributed by atoms with van der Waals surface area (Å²) in [5, 5.41) is 7.07. The SMILES string of the molecule is O=C(Nc1cccc2cccnc12)C1CC1C(=O)NC1CCCCC1. The molecular formula is C20H23N3O2. The van der Waals surface area contributed by atoms with E-state index in [1.807, 2.05) is 30.3 Å². The van der Waals surface area contributed by atoms with E-state index < -0.39 is 0 Å². The standard InChI is InChI=1S/C20H23N3O2/c24-19(22-14-8-2-1-3-9-14)15-12-16(15)20(25)23-17-10-4-6-13-7-5-11-21-18(13)17/h4-7,10-11,14-16H,1-3,8-9,12H2,(H,22,24)(H,23,25). The molecule has 2 unspecified atom stereocenters. The van der Waals surface area contributed by atoms with Crippen LogP contribution in [0.15, 0.2) is 36.5 Å². The van der Waals surface area contributed by atoms with Crippen LogP contribution in [0, 0.1) is 11.8 Å². The van der Waals surface area contributed by atoms with Crippen molar-refractivity contribution in [1.82, 2.24) is 10.3 Å². The molecule has 2 aliphatic carbocycles. The van der Waals surface area contributed by atoms with E-state index in [1.54, 1.807) is 6.20 Å². The summed E-state index contributed by atoms with van der Waals surface area (Å²) in [6, 6.07) is 9.87. The number of pyridine rings is 1. The summed E-state index contributed by atoms with van der Waals surface area (Å²) in [6.07, 6.45) is 8.13. The lowest BCUT2D eigenvalue weighted by Gasteiger charge is -2.22. The number of hydrogen-bond donors (Lipinski definition) is 2. The molecule has 2 amide bonds. The van der Waals surface area contributed by atoms with Gasteiger partial charge < -0.3 is 10.6 Å². The molecule has 0 saturated heterocycles. The van der Waals surface area contributed by atoms with Gasteiger partial charge in [0, 0.05) is 17.6 Å². The Morgan fingerprint density at radius 3 is 2.56 bits per heavy atom. The second-order valence-electron chi connectivity index (χ2n) is 7.16. The molecule has 2 aromatic rings. The molecule has 2 aliphatic rings. The number of rotatable bonds is 4. The maximum atomic E-state index is 12.5. The van der Waals surface area contributed by atoms with Crippen molar-refractivity contribution in [2.75, 3.05) is 5.32 Å². The third kappa shape index (κ3) is 3.50. The molecule has 1 heterocycles. The number of aromatic nitrogens is 1. The van der Waals surface area contributed by atoms with Crippen molar-refractivity contribution in [2.24, 2.45) is 11.8 Å². The minimum Gasteiger partial charge on any atom is -0.353 e. The molecule has 1 aromatic carbocycles. The summed E-state index contributed by atoms with van der Waals surface area (Å²) < 4.78 is 0. The van der Waals surface area contributed by atoms with Crippen molar-refractivity contribution in [3.8, 4) is 0 Å². The zero-order chi connectivity index (χ0) is 17.2. The normalized spacial score (nSPS) is 23.2. The van der Waals surface area contributed by atoms with E-state index in [2.05, 4.69) is 15.6 Å². The highest BCUT2D eigenvalue weighted by molar-refractivity contribution is 6.04. The van der Waals surface area contributed by atoms with Gasteiger partial charge in [0.05, 0.1) is 23.0 Å². The average molecular weight is 337 g/mol. The summed E-state index contributed by atoms with van der Waals surface area (Å²) >= 11 is 0. The molecule has 25 heavy (non-hydrogen) atoms. The van der Waals surface area contributed by atoms with Crippen LogP contribution in [0.2, 0.25) is 0 Å². The number of amides is 2. The van der Waals surface area contributed by atoms with Crippen molar-refractivity contribution < 1.29 is 9.59 Å². The Morgan fingerprint density at radius 1 is 0.960 bits per heavy atom. The molecule has 2 N–H and O–H groups in total. The first kappa shape index (κ1) is 16.1. The minimum atomic E-state index is -0.220. The van der Waals surface area contributed by atoms with Crippen LogP contribution in [0.4, 0.5) is 5.69 Å². The molecule has 2 atom stereocenters. The van der Waals surface area contributed by atoms with E-state index in [0.717, 1.165) is 23.7 Å². The van der Waals surface area contributed by atoms with Crippen LogP contribution >= 0.6 is 0 Å². The molecule has 0 spiro atoms. The van der Waals surface area contributed by atoms with Gasteiger partial charge in [-0.15, -0.1) is 0 Å². The Morgan fingerprint density at radius 2 is 1.72 bits per heavy atom. The molecule has 2 fully saturated rings. The highest BCUT2D eigenvalue weighted by Crippen LogP contribution is 2.40. The molecule has 1 aromatic heterocycles. The number of carbonyl (C=O) groups excluding carboxylic acids is 2. The quantitative estimate of drug-likeness (QED) is 0.899. The molecule has 5 nitrogen and oxygen atoms in total. The largest absolute Gasteiger partial charge is 0.353 e. The smallest absolute Gasteiger partial charge is 0.228 e. The molecule has 5 heteroatoms. The number of fused-ring (bicyclic) bond motifs is 1. The Hall–Kier alpha value is -2.43. The lowest BCUT2D eigenvalue weighted by molar-refractivity contribution is -0.125. The first-order chi connectivity index (χ1) is 12.2. The fourth-order valence-corrected chi connectivity index (χ4v) is 3.76. The van der Waals surface area contributed by atoms with E-state index >= 15 is 0 Å². The van der Waals surface area contributed by atoms with E-state index in [9.17, 15) is 9.59 Å². The van der Waals surface area contributed by atoms with Crippen molar-refractivity contribution in [2.45, 2.75) is 44.6 Å². The molecule has 130 valence electrons. The van der Waals surface area contributed by atoms with Gasteiger partial charge >= 0.3 is 0 Å². The summed E-state index contributed by atoms with van der Waals surface area (Å²) in [6.45, 7) is 0. The number of carbonyl (C=O) groups is 2. The molecule has 4 rings (SSSR count). The first-order valence-corrected chi connectivity index (χ1v) is 9.17. The second-order valence-corrected chi connectivity index (χ2v) is 7.16. The van der Waals surface area contributed by atoms with Crippen LogP contribution in [-0.2, 0) is 9.59 Å². The Balaban J connectivity index is 1.37. The Bertz CT molecular complexity index is 793. The van der Waals surface area contributed by atoms with Crippen LogP contribution in [0.25, 0.3) is 10.9 Å². The zero-order valence-electron chi connectivity index (χ0n) is 14.2. The maximum Gasteiger partial charge on any atom is 0.228 e. The van der Waals surface area contributed by atoms with Crippen LogP contribution in [-0.4, -0.2) is 22.8 Å². The average Bonchev–Trinajstić information content (AvgIpc) is 3.44. The molecule has 0 bridgehead atoms. The van der Waals surface area contributed by atoms with Gasteiger partial charge in [0.15, 0.2) is 0 Å². The summed E-state index contributed by atoms with van der Waals surface area (Å²) in [5.74, 6) is -0.433. The van der Waals surface area contributed by atoms with Gasteiger partial charge in [0.25, 0.3) is 0 Å². The lowest BCUT2D eigenvalue weighted by atomic mass is 9.95. The van der Waals surface area contributed by atoms with Crippen molar-refractivity contribution in [1.29, 1.82) is 0 Å². The highest BCUT2D eigenvalue weighted by Gasteiger charge is 2.48. The van der Waals surface area contributed by atoms with E-state index in [0.29, 0.717) is 18.2 Å². The molecular weight excluding hydrogens is 314 g/mol. The number of benzene rings is 1. The predicted octanol–water partition coefficient (Wildman–Crippen LogP) is 3.26. The number of nitrogens with zero attached hydrogens (tertiary/aromatic N) is 1. The fourth-order valence-electron chi connectivity index (χ4n) is 3.76. The molecule has 0 radical (unpaired) electrons. The third-order valence-electron chi connectivity index (χ3n) is 5.31. The van der Waals surface area contributed by atoms with E-state index in [1.165, 1.54) is 19.3 Å². The minimum absolute atomic E-state index is 0.0445. The maximum absolute atomic E-state index is 12.5. The number of hydrogen-bond acceptors (Lipinski definition) is 3. The Kier molecular flexibility index (Phi) is 4.38. The van der Waals surface area contributed by atoms with Crippen molar-refractivity contribution >= 4 is 28.4 Å². The van der Waals surface area contributed by atoms with E-state index in [4.69, 9.17) is 0 Å². The monoisotopic (exact) mass is 337 g/mol. The third-order valence-corrected chi connectivity index (χ3v) is 5.31. The Labute approximate surface area is 147 Å². The van der Waals surface area contributed by atoms with Gasteiger partial charge in [-0.1, -0.05) is 37.5 Å². The van der Waals surface area contributed by atoms with Crippen LogP contribution in [0.1, 0.15) is 38.5 Å². The summed E-state index contributed by atoms with van der Waals surface area (Å²) in [7, 11) is 0. The topological polar surface area (TPSA) is 71.1 Å². The van der Waals surface area contributed by atoms with Crippen molar-refractivity contribution in [3.05, 3.63) is 36.5 Å². The van der Waals surface area contributed by atoms with Gasteiger partial charge in [-0.05, 0) is 31.4 Å². The second kappa shape index (κ2) is 6.82. The first-order valence-electron chi connectivity index (χ1n) is 9.17. The zero-order valence-corrected chi connectivity index (χ0v) is 14.2. The van der Waals surface area contributed by atoms with Gasteiger partial charge in [0.1, 0.15) is 0 Å². The summed E-state index contributed by atoms with van der Waals surface area (Å²) in [4.78, 5) is 29.2. The number of anilines is 1. The lowest BCUT2D eigenvalue weighted by Crippen LogP contribution is -2.37. The van der Waals surface area contributed by atoms with E-state index in [-0.39, 0.29) is 23.7 Å². The van der Waals surface area contributed by atoms with Crippen LogP contribution in [0.3, 0.4) is 0 Å². The van der Waals surface area contributed by atoms with Gasteiger partial charge in [0.2, 0.25) is 11.8 Å². The van der Waals surface area contributed by atoms with Crippen LogP contribution in [0.5, 0.6) is 0 Å². The van der Waals surface area contributed by atoms with Gasteiger partial charge in [-0.25, -0.2) is 0 Å². The van der Waals surface area contributed by atoms with Gasteiger partial charge in [-0.2, -0.15) is 0 Å². The summed E-state index contributed by atoms with van der Waals surface area (Å²) in [5.41, 5.74) is 1.49. The fraction of sp³-hybridized carbons (Fsp3) is 0.450. The van der Waals surface area contributed by atoms with Crippen molar-refractivity contribution in [3.63, 3.8) is 0 Å². The molecule has 0 aliphatic heterocycles. The highest BCUT2D eigenvalue weighted by atomic mass is 16.2.